The molecule has 1 atom stereocenters. The highest BCUT2D eigenvalue weighted by molar-refractivity contribution is 5.91. The van der Waals surface area contributed by atoms with Gasteiger partial charge < -0.3 is 18.8 Å². The van der Waals surface area contributed by atoms with Crippen molar-refractivity contribution in [3.8, 4) is 0 Å². The van der Waals surface area contributed by atoms with Crippen LogP contribution in [0.4, 0.5) is 4.79 Å². The number of amides is 2. The number of rotatable bonds is 6. The van der Waals surface area contributed by atoms with E-state index in [2.05, 4.69) is 0 Å². The largest absolute Gasteiger partial charge is 0.465 e. The fourth-order valence-electron chi connectivity index (χ4n) is 3.85. The average molecular weight is 424 g/mol. The van der Waals surface area contributed by atoms with Gasteiger partial charge in [0.25, 0.3) is 0 Å². The summed E-state index contributed by atoms with van der Waals surface area (Å²) >= 11 is 0. The molecule has 0 aliphatic carbocycles. The number of esters is 1. The van der Waals surface area contributed by atoms with Crippen molar-refractivity contribution >= 4 is 24.0 Å². The van der Waals surface area contributed by atoms with Gasteiger partial charge in [-0.05, 0) is 36.6 Å². The van der Waals surface area contributed by atoms with Crippen LogP contribution in [-0.2, 0) is 25.7 Å². The molecule has 0 radical (unpaired) electrons. The molecule has 8 heteroatoms. The van der Waals surface area contributed by atoms with Gasteiger partial charge in [0.15, 0.2) is 6.04 Å². The maximum Gasteiger partial charge on any atom is 0.410 e. The van der Waals surface area contributed by atoms with Crippen molar-refractivity contribution < 1.29 is 28.3 Å². The number of likely N-dealkylation sites (tertiary alicyclic amines) is 1. The van der Waals surface area contributed by atoms with Crippen LogP contribution in [-0.4, -0.2) is 59.5 Å². The molecule has 2 saturated heterocycles. The summed E-state index contributed by atoms with van der Waals surface area (Å²) in [5, 5.41) is 0. The zero-order chi connectivity index (χ0) is 21.6. The van der Waals surface area contributed by atoms with E-state index in [9.17, 15) is 14.4 Å². The molecule has 2 amide bonds. The van der Waals surface area contributed by atoms with Crippen molar-refractivity contribution in [1.82, 2.24) is 9.80 Å². The zero-order valence-corrected chi connectivity index (χ0v) is 17.0. The first-order valence-corrected chi connectivity index (χ1v) is 10.3. The summed E-state index contributed by atoms with van der Waals surface area (Å²) in [5.41, 5.74) is 0.877. The maximum absolute atomic E-state index is 12.6. The van der Waals surface area contributed by atoms with Crippen molar-refractivity contribution in [1.29, 1.82) is 0 Å². The Morgan fingerprint density at radius 1 is 1.10 bits per heavy atom. The molecule has 0 N–H and O–H groups in total. The molecule has 2 aliphatic rings. The van der Waals surface area contributed by atoms with E-state index in [0.29, 0.717) is 31.7 Å². The second kappa shape index (κ2) is 9.51. The van der Waals surface area contributed by atoms with Gasteiger partial charge >= 0.3 is 12.1 Å². The molecular formula is C23H24N2O6. The maximum atomic E-state index is 12.6. The molecule has 1 aromatic carbocycles. The monoisotopic (exact) mass is 424 g/mol. The van der Waals surface area contributed by atoms with Crippen LogP contribution in [0, 0.1) is 0 Å². The van der Waals surface area contributed by atoms with Crippen LogP contribution >= 0.6 is 0 Å². The fraction of sp³-hybridized carbons (Fsp3) is 0.348. The van der Waals surface area contributed by atoms with Crippen molar-refractivity contribution in [2.45, 2.75) is 31.5 Å². The Balaban J connectivity index is 1.31. The molecule has 31 heavy (non-hydrogen) atoms. The summed E-state index contributed by atoms with van der Waals surface area (Å²) in [5.74, 6) is 0.0205. The van der Waals surface area contributed by atoms with E-state index < -0.39 is 18.1 Å². The number of benzene rings is 1. The van der Waals surface area contributed by atoms with E-state index in [1.54, 1.807) is 29.4 Å². The fourth-order valence-corrected chi connectivity index (χ4v) is 3.85. The Morgan fingerprint density at radius 3 is 2.58 bits per heavy atom. The van der Waals surface area contributed by atoms with E-state index in [-0.39, 0.29) is 25.2 Å². The summed E-state index contributed by atoms with van der Waals surface area (Å²) < 4.78 is 15.7. The third kappa shape index (κ3) is 4.96. The van der Waals surface area contributed by atoms with Gasteiger partial charge in [-0.1, -0.05) is 30.3 Å². The van der Waals surface area contributed by atoms with Gasteiger partial charge in [-0.25, -0.2) is 9.59 Å². The van der Waals surface area contributed by atoms with Gasteiger partial charge in [-0.3, -0.25) is 9.69 Å². The number of ether oxygens (including phenoxy) is 2. The van der Waals surface area contributed by atoms with Gasteiger partial charge in [0.05, 0.1) is 6.26 Å². The van der Waals surface area contributed by atoms with Gasteiger partial charge in [-0.2, -0.15) is 0 Å². The van der Waals surface area contributed by atoms with Crippen molar-refractivity contribution in [2.75, 3.05) is 19.7 Å². The van der Waals surface area contributed by atoms with Crippen LogP contribution in [0.3, 0.4) is 0 Å². The highest BCUT2D eigenvalue weighted by atomic mass is 16.6. The first kappa shape index (κ1) is 20.7. The molecule has 162 valence electrons. The number of furan rings is 1. The lowest BCUT2D eigenvalue weighted by Gasteiger charge is -2.36. The normalized spacial score (nSPS) is 19.6. The van der Waals surface area contributed by atoms with E-state index in [0.717, 1.165) is 5.56 Å². The molecular weight excluding hydrogens is 400 g/mol. The number of nitrogens with zero attached hydrogens (tertiary/aromatic N) is 2. The highest BCUT2D eigenvalue weighted by Crippen LogP contribution is 2.25. The molecule has 1 aromatic heterocycles. The first-order chi connectivity index (χ1) is 15.1. The topological polar surface area (TPSA) is 89.3 Å². The van der Waals surface area contributed by atoms with Crippen LogP contribution in [0.1, 0.15) is 24.2 Å². The van der Waals surface area contributed by atoms with Crippen LogP contribution in [0.25, 0.3) is 6.08 Å². The van der Waals surface area contributed by atoms with Crippen LogP contribution < -0.4 is 0 Å². The van der Waals surface area contributed by atoms with Gasteiger partial charge in [0, 0.05) is 25.2 Å². The van der Waals surface area contributed by atoms with E-state index in [1.807, 2.05) is 30.3 Å². The van der Waals surface area contributed by atoms with Gasteiger partial charge in [0.1, 0.15) is 19.0 Å². The Labute approximate surface area is 180 Å². The lowest BCUT2D eigenvalue weighted by Crippen LogP contribution is -2.51. The van der Waals surface area contributed by atoms with Crippen LogP contribution in [0.2, 0.25) is 0 Å². The number of cyclic esters (lactones) is 1. The predicted octanol–water partition coefficient (Wildman–Crippen LogP) is 2.85. The molecule has 1 unspecified atom stereocenters. The molecule has 0 bridgehead atoms. The van der Waals surface area contributed by atoms with Gasteiger partial charge in [0.2, 0.25) is 5.91 Å². The molecule has 2 aliphatic heterocycles. The highest BCUT2D eigenvalue weighted by Gasteiger charge is 2.44. The zero-order valence-electron chi connectivity index (χ0n) is 17.0. The third-order valence-electron chi connectivity index (χ3n) is 5.51. The standard InChI is InChI=1S/C23H24N2O6/c26-21(9-8-19-7-4-14-29-19)24-12-10-18(11-13-24)25-20(16-31-23(25)28)22(27)30-15-17-5-2-1-3-6-17/h1-9,14,18,20H,10-13,15-16H2. The Hall–Kier alpha value is -3.55. The second-order valence-corrected chi connectivity index (χ2v) is 7.50. The minimum absolute atomic E-state index is 0.0164. The third-order valence-corrected chi connectivity index (χ3v) is 5.51. The summed E-state index contributed by atoms with van der Waals surface area (Å²) in [6.45, 7) is 1.10. The lowest BCUT2D eigenvalue weighted by molar-refractivity contribution is -0.150. The first-order valence-electron chi connectivity index (χ1n) is 10.3. The van der Waals surface area contributed by atoms with Crippen molar-refractivity contribution in [3.05, 3.63) is 66.1 Å². The lowest BCUT2D eigenvalue weighted by atomic mass is 10.0. The SMILES string of the molecule is O=C(OCc1ccccc1)C1COC(=O)N1C1CCN(C(=O)C=Cc2ccco2)CC1. The average Bonchev–Trinajstić information content (AvgIpc) is 3.46. The second-order valence-electron chi connectivity index (χ2n) is 7.50. The predicted molar refractivity (Wildman–Crippen MR) is 111 cm³/mol. The van der Waals surface area contributed by atoms with Crippen molar-refractivity contribution in [3.63, 3.8) is 0 Å². The molecule has 0 spiro atoms. The smallest absolute Gasteiger partial charge is 0.410 e. The van der Waals surface area contributed by atoms with Crippen molar-refractivity contribution in [2.24, 2.45) is 0 Å². The molecule has 0 saturated carbocycles. The number of carbonyl (C=O) groups is 3. The summed E-state index contributed by atoms with van der Waals surface area (Å²) in [4.78, 5) is 40.5. The molecule has 2 fully saturated rings. The summed E-state index contributed by atoms with van der Waals surface area (Å²) in [7, 11) is 0. The Bertz CT molecular complexity index is 932. The number of hydrogen-bond donors (Lipinski definition) is 0. The molecule has 8 nitrogen and oxygen atoms in total. The minimum Gasteiger partial charge on any atom is -0.465 e. The molecule has 2 aromatic rings. The number of carbonyl (C=O) groups excluding carboxylic acids is 3. The van der Waals surface area contributed by atoms with Gasteiger partial charge in [-0.15, -0.1) is 0 Å². The van der Waals surface area contributed by atoms with Crippen LogP contribution in [0.15, 0.2) is 59.2 Å². The molecule has 4 rings (SSSR count). The quantitative estimate of drug-likeness (QED) is 0.523. The Morgan fingerprint density at radius 2 is 1.87 bits per heavy atom. The minimum atomic E-state index is -0.762. The summed E-state index contributed by atoms with van der Waals surface area (Å²) in [6.07, 6.45) is 5.28. The van der Waals surface area contributed by atoms with E-state index in [4.69, 9.17) is 13.9 Å². The van der Waals surface area contributed by atoms with E-state index in [1.165, 1.54) is 11.0 Å². The van der Waals surface area contributed by atoms with E-state index >= 15 is 0 Å². The number of piperidine rings is 1. The number of hydrogen-bond acceptors (Lipinski definition) is 6. The summed E-state index contributed by atoms with van der Waals surface area (Å²) in [6, 6.07) is 12.0. The molecule has 3 heterocycles. The Kier molecular flexibility index (Phi) is 6.35. The van der Waals surface area contributed by atoms with Crippen LogP contribution in [0.5, 0.6) is 0 Å².